The maximum absolute atomic E-state index is 11.4. The van der Waals surface area contributed by atoms with Crippen molar-refractivity contribution in [2.75, 3.05) is 39.5 Å². The first-order chi connectivity index (χ1) is 16.0. The molecule has 0 radical (unpaired) electrons. The molecule has 9 nitrogen and oxygen atoms in total. The second kappa shape index (κ2) is 9.07. The standard InChI is InChI=1S/C24H29N5O4/c1-15-13-32-10-8-28(15)22-19-6-7-20(17-4-3-5-18(12-17)23(30)31)25-21(19)26-24(27-22)29-9-11-33-14-16(29)2/h3-7,12,15-16,19,21H,8-11,13-14H2,1-2H3,(H,30,31). The summed E-state index contributed by atoms with van der Waals surface area (Å²) in [5.41, 5.74) is 1.74. The summed E-state index contributed by atoms with van der Waals surface area (Å²) in [5.74, 6) is 0.637. The average molecular weight is 452 g/mol. The molecule has 0 bridgehead atoms. The van der Waals surface area contributed by atoms with Gasteiger partial charge >= 0.3 is 5.97 Å². The summed E-state index contributed by atoms with van der Waals surface area (Å²) in [7, 11) is 0. The van der Waals surface area contributed by atoms with E-state index in [1.165, 1.54) is 0 Å². The Labute approximate surface area is 193 Å². The highest BCUT2D eigenvalue weighted by Gasteiger charge is 2.38. The fraction of sp³-hybridized carbons (Fsp3) is 0.500. The van der Waals surface area contributed by atoms with Gasteiger partial charge in [0.25, 0.3) is 0 Å². The van der Waals surface area contributed by atoms with E-state index >= 15 is 0 Å². The van der Waals surface area contributed by atoms with Crippen LogP contribution in [0.15, 0.2) is 51.4 Å². The first kappa shape index (κ1) is 21.8. The van der Waals surface area contributed by atoms with E-state index in [2.05, 4.69) is 29.7 Å². The lowest BCUT2D eigenvalue weighted by molar-refractivity contribution is 0.0286. The van der Waals surface area contributed by atoms with Crippen LogP contribution in [0.2, 0.25) is 0 Å². The number of morpholine rings is 2. The van der Waals surface area contributed by atoms with Crippen LogP contribution in [0.4, 0.5) is 0 Å². The van der Waals surface area contributed by atoms with E-state index in [9.17, 15) is 9.90 Å². The molecular weight excluding hydrogens is 422 g/mol. The molecule has 0 saturated carbocycles. The number of carboxylic acids is 1. The van der Waals surface area contributed by atoms with Crippen LogP contribution in [-0.4, -0.2) is 96.1 Å². The summed E-state index contributed by atoms with van der Waals surface area (Å²) < 4.78 is 11.3. The highest BCUT2D eigenvalue weighted by atomic mass is 16.5. The van der Waals surface area contributed by atoms with Crippen molar-refractivity contribution in [3.8, 4) is 0 Å². The number of hydrogen-bond donors (Lipinski definition) is 1. The molecule has 1 N–H and O–H groups in total. The predicted molar refractivity (Wildman–Crippen MR) is 125 cm³/mol. The number of rotatable bonds is 2. The van der Waals surface area contributed by atoms with Crippen LogP contribution in [0.25, 0.3) is 0 Å². The molecule has 2 fully saturated rings. The molecule has 174 valence electrons. The molecule has 4 aliphatic rings. The predicted octanol–water partition coefficient (Wildman–Crippen LogP) is 1.90. The minimum Gasteiger partial charge on any atom is -0.478 e. The van der Waals surface area contributed by atoms with Crippen LogP contribution < -0.4 is 0 Å². The number of dihydropyridines is 1. The number of guanidine groups is 1. The van der Waals surface area contributed by atoms with Crippen LogP contribution in [0.5, 0.6) is 0 Å². The highest BCUT2D eigenvalue weighted by molar-refractivity contribution is 6.12. The van der Waals surface area contributed by atoms with E-state index < -0.39 is 5.97 Å². The van der Waals surface area contributed by atoms with E-state index in [1.807, 2.05) is 12.1 Å². The SMILES string of the molecule is CC1COCCN1C1=NC2N=C(c3cccc(C(=O)O)c3)C=CC2C(N2CCOCC2C)=N1. The zero-order valence-corrected chi connectivity index (χ0v) is 18.9. The molecule has 4 unspecified atom stereocenters. The Balaban J connectivity index is 1.52. The molecule has 33 heavy (non-hydrogen) atoms. The Hall–Kier alpha value is -3.04. The lowest BCUT2D eigenvalue weighted by atomic mass is 9.95. The largest absolute Gasteiger partial charge is 0.478 e. The van der Waals surface area contributed by atoms with Crippen molar-refractivity contribution in [2.45, 2.75) is 32.1 Å². The number of carbonyl (C=O) groups is 1. The normalized spacial score (nSPS) is 29.7. The van der Waals surface area contributed by atoms with Crippen LogP contribution in [-0.2, 0) is 9.47 Å². The van der Waals surface area contributed by atoms with Crippen LogP contribution >= 0.6 is 0 Å². The molecule has 0 aliphatic carbocycles. The molecule has 5 rings (SSSR count). The molecule has 9 heteroatoms. The molecule has 4 atom stereocenters. The van der Waals surface area contributed by atoms with Crippen LogP contribution in [0, 0.1) is 5.92 Å². The summed E-state index contributed by atoms with van der Waals surface area (Å²) in [6, 6.07) is 7.26. The minimum absolute atomic E-state index is 0.0722. The zero-order valence-electron chi connectivity index (χ0n) is 18.9. The van der Waals surface area contributed by atoms with Gasteiger partial charge in [0, 0.05) is 18.7 Å². The number of aliphatic imine (C=N–C) groups is 3. The molecule has 0 aromatic heterocycles. The molecule has 0 spiro atoms. The summed E-state index contributed by atoms with van der Waals surface area (Å²) >= 11 is 0. The summed E-state index contributed by atoms with van der Waals surface area (Å²) in [4.78, 5) is 30.9. The number of aromatic carboxylic acids is 1. The van der Waals surface area contributed by atoms with E-state index in [0.29, 0.717) is 32.4 Å². The Bertz CT molecular complexity index is 1050. The molecule has 4 aliphatic heterocycles. The number of amidine groups is 1. The minimum atomic E-state index is -0.954. The highest BCUT2D eigenvalue weighted by Crippen LogP contribution is 2.29. The smallest absolute Gasteiger partial charge is 0.335 e. The number of allylic oxidation sites excluding steroid dienone is 1. The topological polar surface area (TPSA) is 99.3 Å². The third kappa shape index (κ3) is 4.30. The maximum Gasteiger partial charge on any atom is 0.335 e. The summed E-state index contributed by atoms with van der Waals surface area (Å²) in [5, 5.41) is 9.38. The third-order valence-electron chi connectivity index (χ3n) is 6.51. The van der Waals surface area contributed by atoms with Crippen LogP contribution in [0.1, 0.15) is 29.8 Å². The van der Waals surface area contributed by atoms with Gasteiger partial charge in [0.05, 0.1) is 55.7 Å². The molecule has 2 saturated heterocycles. The van der Waals surface area contributed by atoms with Crippen LogP contribution in [0.3, 0.4) is 0 Å². The lowest BCUT2D eigenvalue weighted by Gasteiger charge is -2.42. The number of hydrogen-bond acceptors (Lipinski definition) is 8. The van der Waals surface area contributed by atoms with E-state index in [1.54, 1.807) is 18.2 Å². The number of carboxylic acid groups (broad SMARTS) is 1. The average Bonchev–Trinajstić information content (AvgIpc) is 2.84. The van der Waals surface area contributed by atoms with E-state index in [0.717, 1.165) is 30.2 Å². The Morgan fingerprint density at radius 3 is 2.48 bits per heavy atom. The molecule has 1 aromatic carbocycles. The second-order valence-electron chi connectivity index (χ2n) is 8.83. The van der Waals surface area contributed by atoms with Gasteiger partial charge in [-0.2, -0.15) is 4.99 Å². The van der Waals surface area contributed by atoms with Gasteiger partial charge in [0.15, 0.2) is 6.17 Å². The quantitative estimate of drug-likeness (QED) is 0.737. The van der Waals surface area contributed by atoms with Gasteiger partial charge in [-0.1, -0.05) is 18.2 Å². The van der Waals surface area contributed by atoms with E-state index in [4.69, 9.17) is 24.5 Å². The Morgan fingerprint density at radius 2 is 1.79 bits per heavy atom. The van der Waals surface area contributed by atoms with Crippen molar-refractivity contribution < 1.29 is 19.4 Å². The van der Waals surface area contributed by atoms with E-state index in [-0.39, 0.29) is 29.7 Å². The third-order valence-corrected chi connectivity index (χ3v) is 6.51. The Morgan fingerprint density at radius 1 is 1.06 bits per heavy atom. The molecule has 4 heterocycles. The summed E-state index contributed by atoms with van der Waals surface area (Å²) in [6.45, 7) is 8.40. The van der Waals surface area contributed by atoms with Crippen molar-refractivity contribution in [3.05, 3.63) is 47.5 Å². The maximum atomic E-state index is 11.4. The van der Waals surface area contributed by atoms with Gasteiger partial charge in [0.1, 0.15) is 5.84 Å². The zero-order chi connectivity index (χ0) is 22.9. The van der Waals surface area contributed by atoms with Gasteiger partial charge in [-0.15, -0.1) is 0 Å². The summed E-state index contributed by atoms with van der Waals surface area (Å²) in [6.07, 6.45) is 3.71. The monoisotopic (exact) mass is 451 g/mol. The number of nitrogens with zero attached hydrogens (tertiary/aromatic N) is 5. The second-order valence-corrected chi connectivity index (χ2v) is 8.83. The molecular formula is C24H29N5O4. The van der Waals surface area contributed by atoms with Gasteiger partial charge in [-0.25, -0.2) is 9.79 Å². The van der Waals surface area contributed by atoms with Crippen molar-refractivity contribution in [2.24, 2.45) is 20.9 Å². The first-order valence-electron chi connectivity index (χ1n) is 11.5. The van der Waals surface area contributed by atoms with Crippen molar-refractivity contribution >= 4 is 23.5 Å². The fourth-order valence-electron chi connectivity index (χ4n) is 4.68. The number of ether oxygens (including phenoxy) is 2. The fourth-order valence-corrected chi connectivity index (χ4v) is 4.68. The van der Waals surface area contributed by atoms with Crippen molar-refractivity contribution in [1.29, 1.82) is 0 Å². The van der Waals surface area contributed by atoms with Gasteiger partial charge in [-0.05, 0) is 32.1 Å². The van der Waals surface area contributed by atoms with Gasteiger partial charge in [-0.3, -0.25) is 4.99 Å². The lowest BCUT2D eigenvalue weighted by Crippen LogP contribution is -2.55. The van der Waals surface area contributed by atoms with Crippen molar-refractivity contribution in [3.63, 3.8) is 0 Å². The number of benzene rings is 1. The first-order valence-corrected chi connectivity index (χ1v) is 11.5. The van der Waals surface area contributed by atoms with Gasteiger partial charge < -0.3 is 24.4 Å². The number of fused-ring (bicyclic) bond motifs is 1. The van der Waals surface area contributed by atoms with Gasteiger partial charge in [0.2, 0.25) is 5.96 Å². The van der Waals surface area contributed by atoms with Crippen molar-refractivity contribution in [1.82, 2.24) is 9.80 Å². The molecule has 1 aromatic rings. The Kier molecular flexibility index (Phi) is 5.99. The molecule has 0 amide bonds.